The van der Waals surface area contributed by atoms with E-state index in [-0.39, 0.29) is 12.3 Å². The molecule has 3 aromatic heterocycles. The van der Waals surface area contributed by atoms with E-state index in [0.29, 0.717) is 5.69 Å². The summed E-state index contributed by atoms with van der Waals surface area (Å²) in [5, 5.41) is 16.0. The lowest BCUT2D eigenvalue weighted by Crippen LogP contribution is -2.42. The van der Waals surface area contributed by atoms with E-state index in [4.69, 9.17) is 0 Å². The van der Waals surface area contributed by atoms with Gasteiger partial charge in [-0.15, -0.1) is 11.3 Å². The number of hydrogen-bond donors (Lipinski definition) is 2. The van der Waals surface area contributed by atoms with Crippen LogP contribution in [0, 0.1) is 0 Å². The number of aromatic nitrogens is 5. The molecule has 1 amide bonds. The molecule has 0 saturated heterocycles. The van der Waals surface area contributed by atoms with E-state index in [0.717, 1.165) is 16.4 Å². The number of nitrogens with zero attached hydrogens (tertiary/aromatic N) is 4. The standard InChI is InChI=1S/C15H16N6OS/c1-15(2,12-8-17-21-20-12)19-13(22)7-10-9-23-14(18-10)11-5-3-4-6-16-11/h3-6,8-9H,7H2,1-2H3,(H,19,22)(H,17,20,21). The van der Waals surface area contributed by atoms with Gasteiger partial charge in [0.2, 0.25) is 5.91 Å². The molecule has 0 aliphatic rings. The van der Waals surface area contributed by atoms with Gasteiger partial charge in [0, 0.05) is 11.6 Å². The molecule has 118 valence electrons. The highest BCUT2D eigenvalue weighted by molar-refractivity contribution is 7.13. The summed E-state index contributed by atoms with van der Waals surface area (Å²) in [6.45, 7) is 3.76. The minimum Gasteiger partial charge on any atom is -0.345 e. The molecule has 0 fully saturated rings. The van der Waals surface area contributed by atoms with Gasteiger partial charge in [-0.2, -0.15) is 15.4 Å². The van der Waals surface area contributed by atoms with Crippen molar-refractivity contribution in [3.63, 3.8) is 0 Å². The molecule has 3 aromatic rings. The van der Waals surface area contributed by atoms with Crippen molar-refractivity contribution in [1.29, 1.82) is 0 Å². The average Bonchev–Trinajstić information content (AvgIpc) is 3.19. The van der Waals surface area contributed by atoms with E-state index in [1.54, 1.807) is 12.4 Å². The van der Waals surface area contributed by atoms with Crippen LogP contribution in [0.5, 0.6) is 0 Å². The average molecular weight is 328 g/mol. The Labute approximate surface area is 137 Å². The molecular formula is C15H16N6OS. The molecule has 0 aliphatic heterocycles. The number of rotatable bonds is 5. The van der Waals surface area contributed by atoms with E-state index in [2.05, 4.69) is 30.7 Å². The van der Waals surface area contributed by atoms with Crippen LogP contribution in [0.3, 0.4) is 0 Å². The number of amides is 1. The van der Waals surface area contributed by atoms with E-state index in [9.17, 15) is 4.79 Å². The topological polar surface area (TPSA) is 96.5 Å². The second kappa shape index (κ2) is 6.25. The molecule has 7 nitrogen and oxygen atoms in total. The lowest BCUT2D eigenvalue weighted by Gasteiger charge is -2.23. The molecule has 2 N–H and O–H groups in total. The van der Waals surface area contributed by atoms with Gasteiger partial charge in [-0.25, -0.2) is 4.98 Å². The van der Waals surface area contributed by atoms with Crippen molar-refractivity contribution in [3.8, 4) is 10.7 Å². The van der Waals surface area contributed by atoms with Crippen LogP contribution in [0.4, 0.5) is 0 Å². The maximum absolute atomic E-state index is 12.2. The highest BCUT2D eigenvalue weighted by atomic mass is 32.1. The minimum absolute atomic E-state index is 0.115. The number of aromatic amines is 1. The molecule has 0 saturated carbocycles. The predicted molar refractivity (Wildman–Crippen MR) is 86.6 cm³/mol. The third kappa shape index (κ3) is 3.59. The van der Waals surface area contributed by atoms with E-state index in [1.807, 2.05) is 37.4 Å². The summed E-state index contributed by atoms with van der Waals surface area (Å²) in [4.78, 5) is 21.0. The van der Waals surface area contributed by atoms with Crippen LogP contribution in [0.15, 0.2) is 36.0 Å². The Kier molecular flexibility index (Phi) is 4.16. The van der Waals surface area contributed by atoms with Gasteiger partial charge >= 0.3 is 0 Å². The number of pyridine rings is 1. The molecule has 0 atom stereocenters. The van der Waals surface area contributed by atoms with E-state index >= 15 is 0 Å². The number of hydrogen-bond acceptors (Lipinski definition) is 6. The van der Waals surface area contributed by atoms with Gasteiger partial charge in [0.05, 0.1) is 29.5 Å². The fourth-order valence-corrected chi connectivity index (χ4v) is 2.91. The molecule has 0 bridgehead atoms. The Hall–Kier alpha value is -2.61. The first-order valence-corrected chi connectivity index (χ1v) is 7.95. The van der Waals surface area contributed by atoms with Crippen molar-refractivity contribution >= 4 is 17.2 Å². The van der Waals surface area contributed by atoms with Crippen molar-refractivity contribution in [3.05, 3.63) is 47.4 Å². The molecule has 0 spiro atoms. The Morgan fingerprint density at radius 1 is 1.39 bits per heavy atom. The Morgan fingerprint density at radius 2 is 2.26 bits per heavy atom. The zero-order chi connectivity index (χ0) is 16.3. The van der Waals surface area contributed by atoms with Crippen molar-refractivity contribution in [2.45, 2.75) is 25.8 Å². The smallest absolute Gasteiger partial charge is 0.226 e. The normalized spacial score (nSPS) is 11.4. The minimum atomic E-state index is -0.593. The van der Waals surface area contributed by atoms with Crippen molar-refractivity contribution < 1.29 is 4.79 Å². The number of H-pyrrole nitrogens is 1. The number of carbonyl (C=O) groups is 1. The maximum atomic E-state index is 12.2. The summed E-state index contributed by atoms with van der Waals surface area (Å²) < 4.78 is 0. The zero-order valence-electron chi connectivity index (χ0n) is 12.8. The highest BCUT2D eigenvalue weighted by Gasteiger charge is 2.25. The van der Waals surface area contributed by atoms with Crippen LogP contribution in [-0.2, 0) is 16.8 Å². The summed E-state index contributed by atoms with van der Waals surface area (Å²) in [5.41, 5.74) is 1.62. The van der Waals surface area contributed by atoms with Crippen LogP contribution in [0.2, 0.25) is 0 Å². The number of thiazole rings is 1. The molecule has 0 unspecified atom stereocenters. The van der Waals surface area contributed by atoms with E-state index in [1.165, 1.54) is 11.3 Å². The van der Waals surface area contributed by atoms with Gasteiger partial charge < -0.3 is 5.32 Å². The first-order valence-electron chi connectivity index (χ1n) is 7.08. The quantitative estimate of drug-likeness (QED) is 0.746. The number of nitrogens with one attached hydrogen (secondary N) is 2. The highest BCUT2D eigenvalue weighted by Crippen LogP contribution is 2.22. The van der Waals surface area contributed by atoms with Gasteiger partial charge in [0.15, 0.2) is 0 Å². The SMILES string of the molecule is CC(C)(NC(=O)Cc1csc(-c2ccccn2)n1)c1cn[nH]n1. The van der Waals surface area contributed by atoms with Crippen LogP contribution in [0.25, 0.3) is 10.7 Å². The first-order chi connectivity index (χ1) is 11.0. The van der Waals surface area contributed by atoms with Crippen LogP contribution in [0.1, 0.15) is 25.2 Å². The third-order valence-corrected chi connectivity index (χ3v) is 4.20. The summed E-state index contributed by atoms with van der Waals surface area (Å²) in [6, 6.07) is 5.67. The van der Waals surface area contributed by atoms with Crippen LogP contribution >= 0.6 is 11.3 Å². The maximum Gasteiger partial charge on any atom is 0.226 e. The molecule has 8 heteroatoms. The van der Waals surface area contributed by atoms with Gasteiger partial charge in [-0.05, 0) is 26.0 Å². The first kappa shape index (κ1) is 15.3. The fraction of sp³-hybridized carbons (Fsp3) is 0.267. The predicted octanol–water partition coefficient (Wildman–Crippen LogP) is 1.92. The third-order valence-electron chi connectivity index (χ3n) is 3.28. The molecule has 3 rings (SSSR count). The Morgan fingerprint density at radius 3 is 2.96 bits per heavy atom. The van der Waals surface area contributed by atoms with Crippen LogP contribution < -0.4 is 5.32 Å². The number of carbonyl (C=O) groups excluding carboxylic acids is 1. The lowest BCUT2D eigenvalue weighted by atomic mass is 10.0. The Bertz CT molecular complexity index is 781. The summed E-state index contributed by atoms with van der Waals surface area (Å²) >= 11 is 1.48. The van der Waals surface area contributed by atoms with Gasteiger partial charge in [-0.3, -0.25) is 9.78 Å². The van der Waals surface area contributed by atoms with Crippen LogP contribution in [-0.4, -0.2) is 31.3 Å². The Balaban J connectivity index is 1.66. The monoisotopic (exact) mass is 328 g/mol. The molecule has 0 aromatic carbocycles. The molecule has 0 radical (unpaired) electrons. The van der Waals surface area contributed by atoms with Crippen molar-refractivity contribution in [1.82, 2.24) is 30.7 Å². The summed E-state index contributed by atoms with van der Waals surface area (Å²) in [7, 11) is 0. The lowest BCUT2D eigenvalue weighted by molar-refractivity contribution is -0.122. The van der Waals surface area contributed by atoms with Crippen molar-refractivity contribution in [2.24, 2.45) is 0 Å². The van der Waals surface area contributed by atoms with Gasteiger partial charge in [0.1, 0.15) is 10.7 Å². The molecule has 0 aliphatic carbocycles. The summed E-state index contributed by atoms with van der Waals surface area (Å²) in [6.07, 6.45) is 3.54. The van der Waals surface area contributed by atoms with Crippen molar-refractivity contribution in [2.75, 3.05) is 0 Å². The molecule has 3 heterocycles. The molecular weight excluding hydrogens is 312 g/mol. The fourth-order valence-electron chi connectivity index (χ4n) is 2.12. The molecule has 23 heavy (non-hydrogen) atoms. The van der Waals surface area contributed by atoms with Gasteiger partial charge in [0.25, 0.3) is 0 Å². The second-order valence-corrected chi connectivity index (χ2v) is 6.42. The van der Waals surface area contributed by atoms with Gasteiger partial charge in [-0.1, -0.05) is 6.07 Å². The second-order valence-electron chi connectivity index (χ2n) is 5.56. The zero-order valence-corrected chi connectivity index (χ0v) is 13.6. The van der Waals surface area contributed by atoms with E-state index < -0.39 is 5.54 Å². The summed E-state index contributed by atoms with van der Waals surface area (Å²) in [5.74, 6) is -0.115. The largest absolute Gasteiger partial charge is 0.345 e.